The van der Waals surface area contributed by atoms with Gasteiger partial charge in [0.25, 0.3) is 0 Å². The number of carbonyl (C=O) groups excluding carboxylic acids is 1. The molecule has 0 unspecified atom stereocenters. The van der Waals surface area contributed by atoms with Crippen molar-refractivity contribution in [2.24, 2.45) is 0 Å². The number of urea groups is 1. The van der Waals surface area contributed by atoms with Crippen molar-refractivity contribution >= 4 is 51.1 Å². The van der Waals surface area contributed by atoms with Crippen molar-refractivity contribution in [3.63, 3.8) is 0 Å². The Morgan fingerprint density at radius 1 is 1.39 bits per heavy atom. The number of aromatic nitrogens is 2. The lowest BCUT2D eigenvalue weighted by molar-refractivity contribution is 0.195. The van der Waals surface area contributed by atoms with E-state index in [9.17, 15) is 4.79 Å². The highest BCUT2D eigenvalue weighted by Crippen LogP contribution is 2.40. The second-order valence-electron chi connectivity index (χ2n) is 6.62. The number of ether oxygens (including phenoxy) is 1. The van der Waals surface area contributed by atoms with Gasteiger partial charge in [-0.05, 0) is 41.9 Å². The number of rotatable bonds is 5. The van der Waals surface area contributed by atoms with Crippen molar-refractivity contribution in [3.8, 4) is 17.0 Å². The van der Waals surface area contributed by atoms with Gasteiger partial charge in [-0.1, -0.05) is 11.6 Å². The monoisotopic (exact) mass is 487 g/mol. The van der Waals surface area contributed by atoms with E-state index in [2.05, 4.69) is 31.2 Å². The lowest BCUT2D eigenvalue weighted by Gasteiger charge is -2.18. The topological polar surface area (TPSA) is 93.4 Å². The van der Waals surface area contributed by atoms with Crippen molar-refractivity contribution in [1.29, 1.82) is 0 Å². The highest BCUT2D eigenvalue weighted by molar-refractivity contribution is 9.10. The number of halogens is 3. The largest absolute Gasteiger partial charge is 0.491 e. The Labute approximate surface area is 181 Å². The minimum absolute atomic E-state index is 0.0365. The van der Waals surface area contributed by atoms with Gasteiger partial charge in [0.05, 0.1) is 39.9 Å². The van der Waals surface area contributed by atoms with E-state index in [0.29, 0.717) is 57.8 Å². The zero-order chi connectivity index (χ0) is 20.4. The first-order chi connectivity index (χ1) is 13.3. The molecule has 0 saturated heterocycles. The Bertz CT molecular complexity index is 910. The van der Waals surface area contributed by atoms with Crippen LogP contribution in [-0.4, -0.2) is 39.4 Å². The Morgan fingerprint density at radius 3 is 2.82 bits per heavy atom. The third-order valence-corrected chi connectivity index (χ3v) is 5.20. The summed E-state index contributed by atoms with van der Waals surface area (Å²) in [5, 5.41) is 3.37. The number of anilines is 1. The van der Waals surface area contributed by atoms with E-state index < -0.39 is 0 Å². The van der Waals surface area contributed by atoms with Crippen LogP contribution in [-0.2, 0) is 13.1 Å². The number of hydrogen-bond acceptors (Lipinski definition) is 5. The van der Waals surface area contributed by atoms with E-state index in [1.54, 1.807) is 17.0 Å². The summed E-state index contributed by atoms with van der Waals surface area (Å²) in [7, 11) is 0. The zero-order valence-electron chi connectivity index (χ0n) is 15.4. The van der Waals surface area contributed by atoms with Gasteiger partial charge in [0.15, 0.2) is 0 Å². The number of alkyl halides is 1. The summed E-state index contributed by atoms with van der Waals surface area (Å²) in [6.45, 7) is 4.90. The van der Waals surface area contributed by atoms with Crippen molar-refractivity contribution in [2.45, 2.75) is 33.0 Å². The summed E-state index contributed by atoms with van der Waals surface area (Å²) in [4.78, 5) is 22.8. The Morgan fingerprint density at radius 2 is 2.14 bits per heavy atom. The number of nitrogens with one attached hydrogen (secondary N) is 1. The maximum Gasteiger partial charge on any atom is 0.318 e. The molecule has 10 heteroatoms. The molecule has 0 atom stereocenters. The number of amides is 2. The second-order valence-corrected chi connectivity index (χ2v) is 8.26. The summed E-state index contributed by atoms with van der Waals surface area (Å²) in [6, 6.07) is 3.40. The number of fused-ring (bicyclic) bond motifs is 1. The van der Waals surface area contributed by atoms with Crippen molar-refractivity contribution in [3.05, 3.63) is 32.9 Å². The smallest absolute Gasteiger partial charge is 0.318 e. The van der Waals surface area contributed by atoms with Crippen molar-refractivity contribution in [1.82, 2.24) is 20.2 Å². The predicted molar refractivity (Wildman–Crippen MR) is 114 cm³/mol. The molecule has 1 aliphatic heterocycles. The van der Waals surface area contributed by atoms with E-state index in [0.717, 1.165) is 5.56 Å². The fourth-order valence-corrected chi connectivity index (χ4v) is 3.87. The molecule has 0 saturated carbocycles. The number of benzene rings is 1. The molecule has 0 bridgehead atoms. The van der Waals surface area contributed by atoms with Crippen molar-refractivity contribution < 1.29 is 9.53 Å². The predicted octanol–water partition coefficient (Wildman–Crippen LogP) is 4.19. The first-order valence-electron chi connectivity index (χ1n) is 8.69. The van der Waals surface area contributed by atoms with Crippen LogP contribution in [0, 0.1) is 0 Å². The molecule has 0 radical (unpaired) electrons. The van der Waals surface area contributed by atoms with Crippen LogP contribution in [0.2, 0.25) is 5.02 Å². The summed E-state index contributed by atoms with van der Waals surface area (Å²) in [6.07, 6.45) is 0. The van der Waals surface area contributed by atoms with Crippen molar-refractivity contribution in [2.75, 3.05) is 18.2 Å². The lowest BCUT2D eigenvalue weighted by atomic mass is 10.1. The molecular weight excluding hydrogens is 469 g/mol. The van der Waals surface area contributed by atoms with Crippen LogP contribution in [0.15, 0.2) is 16.6 Å². The number of nitrogens with two attached hydrogens (primary N) is 1. The highest BCUT2D eigenvalue weighted by Gasteiger charge is 2.29. The van der Waals surface area contributed by atoms with Gasteiger partial charge >= 0.3 is 6.03 Å². The molecule has 3 N–H and O–H groups in total. The molecule has 1 aromatic carbocycles. The van der Waals surface area contributed by atoms with E-state index >= 15 is 0 Å². The minimum Gasteiger partial charge on any atom is -0.491 e. The van der Waals surface area contributed by atoms with Gasteiger partial charge in [-0.15, -0.1) is 11.6 Å². The Balaban J connectivity index is 2.01. The molecule has 0 spiro atoms. The fourth-order valence-electron chi connectivity index (χ4n) is 2.95. The average molecular weight is 489 g/mol. The summed E-state index contributed by atoms with van der Waals surface area (Å²) in [5.74, 6) is 1.08. The van der Waals surface area contributed by atoms with Crippen LogP contribution in [0.1, 0.15) is 25.1 Å². The quantitative estimate of drug-likeness (QED) is 0.615. The summed E-state index contributed by atoms with van der Waals surface area (Å²) in [5.41, 5.74) is 8.71. The van der Waals surface area contributed by atoms with Gasteiger partial charge in [-0.25, -0.2) is 14.8 Å². The third-order valence-electron chi connectivity index (χ3n) is 4.11. The first-order valence-corrected chi connectivity index (χ1v) is 10.4. The zero-order valence-corrected chi connectivity index (χ0v) is 18.5. The second kappa shape index (κ2) is 8.71. The van der Waals surface area contributed by atoms with Gasteiger partial charge < -0.3 is 20.7 Å². The van der Waals surface area contributed by atoms with Gasteiger partial charge in [0.2, 0.25) is 5.95 Å². The standard InChI is InChI=1S/C18H20BrCl2N5O2/c1-9(2)23-18(27)26-7-11-14(8-26)24-17(22)25-16(11)10-5-15(28-4-3-20)12(19)6-13(10)21/h5-6,9H,3-4,7-8H2,1-2H3,(H,23,27)(H2,22,24,25). The van der Waals surface area contributed by atoms with Crippen LogP contribution < -0.4 is 15.8 Å². The van der Waals surface area contributed by atoms with E-state index in [-0.39, 0.29) is 18.0 Å². The van der Waals surface area contributed by atoms with Gasteiger partial charge in [0.1, 0.15) is 12.4 Å². The van der Waals surface area contributed by atoms with Crippen LogP contribution in [0.5, 0.6) is 5.75 Å². The number of hydrogen-bond donors (Lipinski definition) is 2. The lowest BCUT2D eigenvalue weighted by Crippen LogP contribution is -2.40. The van der Waals surface area contributed by atoms with E-state index in [4.69, 9.17) is 33.7 Å². The molecule has 1 aliphatic rings. The highest BCUT2D eigenvalue weighted by atomic mass is 79.9. The van der Waals surface area contributed by atoms with Gasteiger partial charge in [0, 0.05) is 17.2 Å². The Hall–Kier alpha value is -1.77. The molecule has 2 amide bonds. The molecule has 0 fully saturated rings. The Kier molecular flexibility index (Phi) is 6.52. The van der Waals surface area contributed by atoms with E-state index in [1.807, 2.05) is 13.8 Å². The molecule has 7 nitrogen and oxygen atoms in total. The molecule has 150 valence electrons. The molecule has 3 rings (SSSR count). The van der Waals surface area contributed by atoms with Gasteiger partial charge in [-0.3, -0.25) is 0 Å². The normalized spacial score (nSPS) is 13.0. The van der Waals surface area contributed by atoms with Crippen LogP contribution in [0.4, 0.5) is 10.7 Å². The van der Waals surface area contributed by atoms with E-state index in [1.165, 1.54) is 0 Å². The molecule has 2 heterocycles. The van der Waals surface area contributed by atoms with Crippen LogP contribution >= 0.6 is 39.1 Å². The number of nitrogen functional groups attached to an aromatic ring is 1. The minimum atomic E-state index is -0.162. The SMILES string of the molecule is CC(C)NC(=O)N1Cc2nc(N)nc(-c3cc(OCCCl)c(Br)cc3Cl)c2C1. The number of carbonyl (C=O) groups is 1. The maximum absolute atomic E-state index is 12.4. The molecule has 28 heavy (non-hydrogen) atoms. The molecular formula is C18H20BrCl2N5O2. The summed E-state index contributed by atoms with van der Waals surface area (Å²) >= 11 is 15.7. The van der Waals surface area contributed by atoms with Crippen LogP contribution in [0.3, 0.4) is 0 Å². The average Bonchev–Trinajstić information content (AvgIpc) is 3.04. The fraction of sp³-hybridized carbons (Fsp3) is 0.389. The maximum atomic E-state index is 12.4. The molecule has 0 aliphatic carbocycles. The molecule has 1 aromatic heterocycles. The third kappa shape index (κ3) is 4.45. The van der Waals surface area contributed by atoms with Crippen LogP contribution in [0.25, 0.3) is 11.3 Å². The number of nitrogens with zero attached hydrogens (tertiary/aromatic N) is 3. The first kappa shape index (κ1) is 21.0. The van der Waals surface area contributed by atoms with Gasteiger partial charge in [-0.2, -0.15) is 0 Å². The molecule has 2 aromatic rings. The summed E-state index contributed by atoms with van der Waals surface area (Å²) < 4.78 is 6.38.